The van der Waals surface area contributed by atoms with Crippen LogP contribution in [0.15, 0.2) is 48.5 Å². The maximum absolute atomic E-state index is 13.3. The number of anilines is 1. The molecule has 0 aromatic heterocycles. The first kappa shape index (κ1) is 22.9. The molecule has 10 heteroatoms. The average Bonchev–Trinajstić information content (AvgIpc) is 2.81. The number of nitrogens with one attached hydrogen (secondary N) is 1. The lowest BCUT2D eigenvalue weighted by Crippen LogP contribution is -2.61. The number of alkyl halides is 3. The third kappa shape index (κ3) is 5.11. The third-order valence-electron chi connectivity index (χ3n) is 5.15. The summed E-state index contributed by atoms with van der Waals surface area (Å²) < 4.78 is 45.5. The van der Waals surface area contributed by atoms with E-state index in [1.165, 1.54) is 18.0 Å². The fourth-order valence-corrected chi connectivity index (χ4v) is 3.51. The van der Waals surface area contributed by atoms with Crippen molar-refractivity contribution in [1.29, 1.82) is 5.26 Å². The average molecular weight is 446 g/mol. The Morgan fingerprint density at radius 2 is 1.91 bits per heavy atom. The van der Waals surface area contributed by atoms with E-state index in [0.717, 1.165) is 12.1 Å². The zero-order valence-corrected chi connectivity index (χ0v) is 17.2. The predicted molar refractivity (Wildman–Crippen MR) is 110 cm³/mol. The molecule has 0 spiro atoms. The van der Waals surface area contributed by atoms with Gasteiger partial charge in [-0.15, -0.1) is 0 Å². The SMILES string of the molecule is CNC(=O)C1CN(c2ccc(C#N)c(C(F)(F)F)c2)CCN1C(=O)COc1ccccc1. The number of hydrogen-bond donors (Lipinski definition) is 1. The van der Waals surface area contributed by atoms with Gasteiger partial charge in [-0.1, -0.05) is 18.2 Å². The zero-order valence-electron chi connectivity index (χ0n) is 17.2. The number of amides is 2. The second kappa shape index (κ2) is 9.60. The van der Waals surface area contributed by atoms with Gasteiger partial charge in [0.15, 0.2) is 6.61 Å². The van der Waals surface area contributed by atoms with Gasteiger partial charge in [0.1, 0.15) is 11.8 Å². The lowest BCUT2D eigenvalue weighted by Gasteiger charge is -2.41. The van der Waals surface area contributed by atoms with Crippen LogP contribution in [0.1, 0.15) is 11.1 Å². The number of rotatable bonds is 5. The Hall–Kier alpha value is -3.74. The van der Waals surface area contributed by atoms with Gasteiger partial charge in [-0.05, 0) is 30.3 Å². The predicted octanol–water partition coefficient (Wildman–Crippen LogP) is 2.42. The fourth-order valence-electron chi connectivity index (χ4n) is 3.51. The number of para-hydroxylation sites is 1. The number of benzene rings is 2. The van der Waals surface area contributed by atoms with Gasteiger partial charge in [0, 0.05) is 32.4 Å². The summed E-state index contributed by atoms with van der Waals surface area (Å²) >= 11 is 0. The molecule has 1 fully saturated rings. The van der Waals surface area contributed by atoms with E-state index >= 15 is 0 Å². The summed E-state index contributed by atoms with van der Waals surface area (Å²) in [6, 6.07) is 12.8. The molecule has 1 unspecified atom stereocenters. The maximum Gasteiger partial charge on any atom is 0.417 e. The van der Waals surface area contributed by atoms with Gasteiger partial charge < -0.3 is 19.9 Å². The van der Waals surface area contributed by atoms with Gasteiger partial charge in [-0.25, -0.2) is 0 Å². The molecule has 0 radical (unpaired) electrons. The van der Waals surface area contributed by atoms with E-state index in [1.54, 1.807) is 35.2 Å². The van der Waals surface area contributed by atoms with Crippen molar-refractivity contribution < 1.29 is 27.5 Å². The van der Waals surface area contributed by atoms with E-state index in [9.17, 15) is 22.8 Å². The number of nitriles is 1. The molecule has 2 amide bonds. The smallest absolute Gasteiger partial charge is 0.417 e. The van der Waals surface area contributed by atoms with Crippen molar-refractivity contribution in [2.45, 2.75) is 12.2 Å². The van der Waals surface area contributed by atoms with Crippen molar-refractivity contribution >= 4 is 17.5 Å². The minimum Gasteiger partial charge on any atom is -0.484 e. The zero-order chi connectivity index (χ0) is 23.3. The fraction of sp³-hybridized carbons (Fsp3) is 0.318. The normalized spacial score (nSPS) is 16.3. The van der Waals surface area contributed by atoms with Gasteiger partial charge >= 0.3 is 6.18 Å². The highest BCUT2D eigenvalue weighted by atomic mass is 19.4. The molecule has 32 heavy (non-hydrogen) atoms. The Bertz CT molecular complexity index is 1020. The molecule has 1 atom stereocenters. The van der Waals surface area contributed by atoms with Crippen LogP contribution in [0.4, 0.5) is 18.9 Å². The highest BCUT2D eigenvalue weighted by Gasteiger charge is 2.37. The van der Waals surface area contributed by atoms with Crippen molar-refractivity contribution in [1.82, 2.24) is 10.2 Å². The number of ether oxygens (including phenoxy) is 1. The Balaban J connectivity index is 1.78. The minimum atomic E-state index is -4.69. The maximum atomic E-state index is 13.3. The molecule has 0 bridgehead atoms. The Morgan fingerprint density at radius 3 is 2.53 bits per heavy atom. The molecule has 0 saturated carbocycles. The van der Waals surface area contributed by atoms with Gasteiger partial charge in [-0.3, -0.25) is 9.59 Å². The number of hydrogen-bond acceptors (Lipinski definition) is 5. The van der Waals surface area contributed by atoms with E-state index in [1.807, 2.05) is 6.07 Å². The molecule has 7 nitrogen and oxygen atoms in total. The number of piperazine rings is 1. The quantitative estimate of drug-likeness (QED) is 0.763. The van der Waals surface area contributed by atoms with Crippen molar-refractivity contribution in [3.8, 4) is 11.8 Å². The number of likely N-dealkylation sites (N-methyl/N-ethyl adjacent to an activating group) is 1. The molecule has 2 aromatic rings. The molecule has 1 aliphatic rings. The van der Waals surface area contributed by atoms with Crippen LogP contribution in [0.25, 0.3) is 0 Å². The Morgan fingerprint density at radius 1 is 1.19 bits per heavy atom. The Kier molecular flexibility index (Phi) is 6.88. The summed E-state index contributed by atoms with van der Waals surface area (Å²) in [6.45, 7) is 0.0662. The van der Waals surface area contributed by atoms with Crippen LogP contribution in [-0.4, -0.2) is 56.0 Å². The number of carbonyl (C=O) groups excluding carboxylic acids is 2. The van der Waals surface area contributed by atoms with E-state index < -0.39 is 35.2 Å². The second-order valence-corrected chi connectivity index (χ2v) is 7.10. The molecule has 2 aromatic carbocycles. The highest BCUT2D eigenvalue weighted by molar-refractivity contribution is 5.89. The van der Waals surface area contributed by atoms with Crippen molar-refractivity contribution in [3.63, 3.8) is 0 Å². The highest BCUT2D eigenvalue weighted by Crippen LogP contribution is 2.35. The third-order valence-corrected chi connectivity index (χ3v) is 5.15. The largest absolute Gasteiger partial charge is 0.484 e. The summed E-state index contributed by atoms with van der Waals surface area (Å²) in [5.74, 6) is -0.335. The van der Waals surface area contributed by atoms with Gasteiger partial charge in [0.2, 0.25) is 5.91 Å². The first-order chi connectivity index (χ1) is 15.2. The molecule has 3 rings (SSSR count). The van der Waals surface area contributed by atoms with Gasteiger partial charge in [0.05, 0.1) is 17.2 Å². The van der Waals surface area contributed by atoms with Crippen LogP contribution in [0, 0.1) is 11.3 Å². The second-order valence-electron chi connectivity index (χ2n) is 7.10. The van der Waals surface area contributed by atoms with Crippen molar-refractivity contribution in [2.24, 2.45) is 0 Å². The standard InChI is InChI=1S/C22H21F3N4O3/c1-27-21(31)19-13-28(16-8-7-15(12-26)18(11-16)22(23,24)25)9-10-29(19)20(30)14-32-17-5-3-2-4-6-17/h2-8,11,19H,9-10,13-14H2,1H3,(H,27,31). The van der Waals surface area contributed by atoms with Crippen LogP contribution in [-0.2, 0) is 15.8 Å². The lowest BCUT2D eigenvalue weighted by molar-refractivity contribution is -0.142. The van der Waals surface area contributed by atoms with E-state index in [-0.39, 0.29) is 31.9 Å². The number of nitrogens with zero attached hydrogens (tertiary/aromatic N) is 3. The molecular formula is C22H21F3N4O3. The van der Waals surface area contributed by atoms with Crippen molar-refractivity contribution in [2.75, 3.05) is 38.2 Å². The molecule has 168 valence electrons. The van der Waals surface area contributed by atoms with Crippen LogP contribution >= 0.6 is 0 Å². The molecule has 1 heterocycles. The minimum absolute atomic E-state index is 0.0000519. The first-order valence-corrected chi connectivity index (χ1v) is 9.79. The number of halogens is 3. The molecule has 0 aliphatic carbocycles. The number of carbonyl (C=O) groups is 2. The molecule has 1 saturated heterocycles. The summed E-state index contributed by atoms with van der Waals surface area (Å²) in [5, 5.41) is 11.5. The Labute approximate surface area is 183 Å². The van der Waals surface area contributed by atoms with E-state index in [4.69, 9.17) is 10.00 Å². The molecule has 1 aliphatic heterocycles. The molecule has 1 N–H and O–H groups in total. The van der Waals surface area contributed by atoms with Crippen LogP contribution in [0.2, 0.25) is 0 Å². The summed E-state index contributed by atoms with van der Waals surface area (Å²) in [5.41, 5.74) is -1.29. The van der Waals surface area contributed by atoms with Crippen molar-refractivity contribution in [3.05, 3.63) is 59.7 Å². The summed E-state index contributed by atoms with van der Waals surface area (Å²) in [6.07, 6.45) is -4.69. The van der Waals surface area contributed by atoms with Crippen LogP contribution in [0.3, 0.4) is 0 Å². The lowest BCUT2D eigenvalue weighted by atomic mass is 10.0. The van der Waals surface area contributed by atoms with E-state index in [0.29, 0.717) is 5.75 Å². The van der Waals surface area contributed by atoms with Gasteiger partial charge in [-0.2, -0.15) is 18.4 Å². The molecular weight excluding hydrogens is 425 g/mol. The monoisotopic (exact) mass is 446 g/mol. The van der Waals surface area contributed by atoms with Crippen LogP contribution in [0.5, 0.6) is 5.75 Å². The first-order valence-electron chi connectivity index (χ1n) is 9.79. The topological polar surface area (TPSA) is 85.7 Å². The summed E-state index contributed by atoms with van der Waals surface area (Å²) in [7, 11) is 1.42. The summed E-state index contributed by atoms with van der Waals surface area (Å²) in [4.78, 5) is 28.2. The van der Waals surface area contributed by atoms with Gasteiger partial charge in [0.25, 0.3) is 5.91 Å². The van der Waals surface area contributed by atoms with Crippen LogP contribution < -0.4 is 15.0 Å². The van der Waals surface area contributed by atoms with E-state index in [2.05, 4.69) is 5.32 Å².